The van der Waals surface area contributed by atoms with E-state index in [1.165, 1.54) is 12.1 Å². The number of ether oxygens (including phenoxy) is 2. The SMILES string of the molecule is O=C(O)c1ccc(Br)c(OCC2CCCO2)c1. The van der Waals surface area contributed by atoms with Crippen LogP contribution in [0.4, 0.5) is 0 Å². The molecule has 1 aromatic carbocycles. The summed E-state index contributed by atoms with van der Waals surface area (Å²) in [6.07, 6.45) is 2.18. The maximum atomic E-state index is 10.8. The number of carboxylic acids is 1. The van der Waals surface area contributed by atoms with E-state index < -0.39 is 5.97 Å². The van der Waals surface area contributed by atoms with Gasteiger partial charge in [-0.3, -0.25) is 0 Å². The molecule has 1 N–H and O–H groups in total. The Kier molecular flexibility index (Phi) is 4.02. The van der Waals surface area contributed by atoms with Crippen molar-refractivity contribution in [1.29, 1.82) is 0 Å². The summed E-state index contributed by atoms with van der Waals surface area (Å²) >= 11 is 3.33. The molecule has 0 spiro atoms. The van der Waals surface area contributed by atoms with E-state index in [1.54, 1.807) is 6.07 Å². The lowest BCUT2D eigenvalue weighted by atomic mass is 10.2. The Hall–Kier alpha value is -1.07. The topological polar surface area (TPSA) is 55.8 Å². The Morgan fingerprint density at radius 2 is 2.41 bits per heavy atom. The zero-order valence-electron chi connectivity index (χ0n) is 9.19. The lowest BCUT2D eigenvalue weighted by molar-refractivity contribution is 0.0670. The number of rotatable bonds is 4. The molecule has 1 aliphatic heterocycles. The summed E-state index contributed by atoms with van der Waals surface area (Å²) < 4.78 is 11.8. The fourth-order valence-corrected chi connectivity index (χ4v) is 2.07. The molecule has 0 bridgehead atoms. The van der Waals surface area contributed by atoms with Gasteiger partial charge in [0.05, 0.1) is 16.1 Å². The molecule has 2 rings (SSSR count). The van der Waals surface area contributed by atoms with E-state index in [2.05, 4.69) is 15.9 Å². The first-order valence-electron chi connectivity index (χ1n) is 5.44. The van der Waals surface area contributed by atoms with Gasteiger partial charge in [-0.2, -0.15) is 0 Å². The second kappa shape index (κ2) is 5.51. The van der Waals surface area contributed by atoms with Gasteiger partial charge < -0.3 is 14.6 Å². The number of aromatic carboxylic acids is 1. The quantitative estimate of drug-likeness (QED) is 0.929. The summed E-state index contributed by atoms with van der Waals surface area (Å²) in [6.45, 7) is 1.24. The minimum Gasteiger partial charge on any atom is -0.490 e. The summed E-state index contributed by atoms with van der Waals surface area (Å²) in [5.74, 6) is -0.417. The van der Waals surface area contributed by atoms with E-state index in [-0.39, 0.29) is 11.7 Å². The number of hydrogen-bond acceptors (Lipinski definition) is 3. The van der Waals surface area contributed by atoms with Crippen LogP contribution in [-0.4, -0.2) is 30.4 Å². The monoisotopic (exact) mass is 300 g/mol. The molecule has 1 fully saturated rings. The summed E-state index contributed by atoms with van der Waals surface area (Å²) in [4.78, 5) is 10.8. The van der Waals surface area contributed by atoms with Gasteiger partial charge in [0.1, 0.15) is 12.4 Å². The first-order chi connectivity index (χ1) is 8.16. The Morgan fingerprint density at radius 3 is 3.06 bits per heavy atom. The van der Waals surface area contributed by atoms with Crippen LogP contribution in [-0.2, 0) is 4.74 Å². The highest BCUT2D eigenvalue weighted by Gasteiger charge is 2.17. The van der Waals surface area contributed by atoms with Crippen molar-refractivity contribution in [3.63, 3.8) is 0 Å². The third kappa shape index (κ3) is 3.20. The smallest absolute Gasteiger partial charge is 0.335 e. The Bertz CT molecular complexity index is 413. The highest BCUT2D eigenvalue weighted by Crippen LogP contribution is 2.27. The van der Waals surface area contributed by atoms with Crippen molar-refractivity contribution in [3.8, 4) is 5.75 Å². The molecule has 17 heavy (non-hydrogen) atoms. The minimum atomic E-state index is -0.959. The number of carboxylic acid groups (broad SMARTS) is 1. The lowest BCUT2D eigenvalue weighted by Crippen LogP contribution is -2.16. The van der Waals surface area contributed by atoms with Crippen LogP contribution < -0.4 is 4.74 Å². The van der Waals surface area contributed by atoms with Crippen molar-refractivity contribution < 1.29 is 19.4 Å². The van der Waals surface area contributed by atoms with Crippen LogP contribution in [0.1, 0.15) is 23.2 Å². The van der Waals surface area contributed by atoms with Crippen molar-refractivity contribution in [2.75, 3.05) is 13.2 Å². The normalized spacial score (nSPS) is 19.2. The van der Waals surface area contributed by atoms with Crippen LogP contribution in [0.2, 0.25) is 0 Å². The van der Waals surface area contributed by atoms with Gasteiger partial charge >= 0.3 is 5.97 Å². The van der Waals surface area contributed by atoms with Gasteiger partial charge in [0, 0.05) is 6.61 Å². The van der Waals surface area contributed by atoms with Crippen LogP contribution >= 0.6 is 15.9 Å². The summed E-state index contributed by atoms with van der Waals surface area (Å²) in [7, 11) is 0. The fourth-order valence-electron chi connectivity index (χ4n) is 1.71. The van der Waals surface area contributed by atoms with Gasteiger partial charge in [-0.1, -0.05) is 0 Å². The maximum absolute atomic E-state index is 10.8. The van der Waals surface area contributed by atoms with E-state index in [1.807, 2.05) is 0 Å². The molecule has 1 atom stereocenters. The zero-order valence-corrected chi connectivity index (χ0v) is 10.8. The molecule has 92 valence electrons. The Morgan fingerprint density at radius 1 is 1.59 bits per heavy atom. The molecular weight excluding hydrogens is 288 g/mol. The van der Waals surface area contributed by atoms with Crippen LogP contribution in [0.3, 0.4) is 0 Å². The first-order valence-corrected chi connectivity index (χ1v) is 6.23. The van der Waals surface area contributed by atoms with E-state index in [4.69, 9.17) is 14.6 Å². The average Bonchev–Trinajstić information content (AvgIpc) is 2.80. The Balaban J connectivity index is 2.03. The third-order valence-electron chi connectivity index (χ3n) is 2.63. The van der Waals surface area contributed by atoms with E-state index >= 15 is 0 Å². The van der Waals surface area contributed by atoms with Crippen molar-refractivity contribution in [3.05, 3.63) is 28.2 Å². The van der Waals surface area contributed by atoms with Gasteiger partial charge in [0.2, 0.25) is 0 Å². The molecule has 1 unspecified atom stereocenters. The summed E-state index contributed by atoms with van der Waals surface area (Å²) in [6, 6.07) is 4.72. The number of carbonyl (C=O) groups is 1. The molecule has 1 aliphatic rings. The Labute approximate surface area is 108 Å². The number of benzene rings is 1. The van der Waals surface area contributed by atoms with Crippen LogP contribution in [0, 0.1) is 0 Å². The predicted octanol–water partition coefficient (Wildman–Crippen LogP) is 2.71. The maximum Gasteiger partial charge on any atom is 0.335 e. The van der Waals surface area contributed by atoms with E-state index in [9.17, 15) is 4.79 Å². The van der Waals surface area contributed by atoms with Crippen molar-refractivity contribution in [2.24, 2.45) is 0 Å². The van der Waals surface area contributed by atoms with Crippen molar-refractivity contribution in [2.45, 2.75) is 18.9 Å². The van der Waals surface area contributed by atoms with Gasteiger partial charge in [-0.25, -0.2) is 4.79 Å². The molecular formula is C12H13BrO4. The van der Waals surface area contributed by atoms with Gasteiger partial charge in [-0.15, -0.1) is 0 Å². The minimum absolute atomic E-state index is 0.121. The van der Waals surface area contributed by atoms with Crippen LogP contribution in [0.25, 0.3) is 0 Å². The van der Waals surface area contributed by atoms with Gasteiger partial charge in [0.25, 0.3) is 0 Å². The molecule has 0 aromatic heterocycles. The second-order valence-electron chi connectivity index (χ2n) is 3.90. The fraction of sp³-hybridized carbons (Fsp3) is 0.417. The number of hydrogen-bond donors (Lipinski definition) is 1. The van der Waals surface area contributed by atoms with Crippen molar-refractivity contribution >= 4 is 21.9 Å². The summed E-state index contributed by atoms with van der Waals surface area (Å²) in [5, 5.41) is 8.88. The molecule has 0 radical (unpaired) electrons. The average molecular weight is 301 g/mol. The molecule has 0 aliphatic carbocycles. The lowest BCUT2D eigenvalue weighted by Gasteiger charge is -2.13. The third-order valence-corrected chi connectivity index (χ3v) is 3.28. The molecule has 1 heterocycles. The molecule has 1 aromatic rings. The highest BCUT2D eigenvalue weighted by atomic mass is 79.9. The number of halogens is 1. The predicted molar refractivity (Wildman–Crippen MR) is 65.6 cm³/mol. The van der Waals surface area contributed by atoms with Crippen LogP contribution in [0.15, 0.2) is 22.7 Å². The molecule has 5 heteroatoms. The largest absolute Gasteiger partial charge is 0.490 e. The van der Waals surface area contributed by atoms with Crippen molar-refractivity contribution in [1.82, 2.24) is 0 Å². The molecule has 4 nitrogen and oxygen atoms in total. The molecule has 1 saturated heterocycles. The van der Waals surface area contributed by atoms with Gasteiger partial charge in [-0.05, 0) is 47.0 Å². The first kappa shape index (κ1) is 12.4. The van der Waals surface area contributed by atoms with E-state index in [0.29, 0.717) is 12.4 Å². The van der Waals surface area contributed by atoms with Gasteiger partial charge in [0.15, 0.2) is 0 Å². The second-order valence-corrected chi connectivity index (χ2v) is 4.75. The standard InChI is InChI=1S/C12H13BrO4/c13-10-4-3-8(12(14)15)6-11(10)17-7-9-2-1-5-16-9/h3-4,6,9H,1-2,5,7H2,(H,14,15). The zero-order chi connectivity index (χ0) is 12.3. The molecule has 0 amide bonds. The van der Waals surface area contributed by atoms with E-state index in [0.717, 1.165) is 23.9 Å². The highest BCUT2D eigenvalue weighted by molar-refractivity contribution is 9.10. The summed E-state index contributed by atoms with van der Waals surface area (Å²) in [5.41, 5.74) is 0.218. The molecule has 0 saturated carbocycles. The van der Waals surface area contributed by atoms with Crippen LogP contribution in [0.5, 0.6) is 5.75 Å².